The highest BCUT2D eigenvalue weighted by Crippen LogP contribution is 2.28. The third-order valence-corrected chi connectivity index (χ3v) is 2.48. The molecule has 5 heteroatoms. The van der Waals surface area contributed by atoms with E-state index >= 15 is 0 Å². The Morgan fingerprint density at radius 3 is 2.36 bits per heavy atom. The molecule has 0 aromatic carbocycles. The van der Waals surface area contributed by atoms with Crippen molar-refractivity contribution in [3.63, 3.8) is 0 Å². The van der Waals surface area contributed by atoms with Crippen molar-refractivity contribution in [2.75, 3.05) is 0 Å². The summed E-state index contributed by atoms with van der Waals surface area (Å²) in [5, 5.41) is 0.833. The normalized spacial score (nSPS) is 10.2. The SMILES string of the molecule is ClCc1cc(Cl)c(Cl)c(Cl)n1. The quantitative estimate of drug-likeness (QED) is 0.529. The van der Waals surface area contributed by atoms with Gasteiger partial charge in [0.2, 0.25) is 0 Å². The largest absolute Gasteiger partial charge is 0.238 e. The van der Waals surface area contributed by atoms with Crippen LogP contribution in [0, 0.1) is 0 Å². The van der Waals surface area contributed by atoms with Crippen molar-refractivity contribution in [3.8, 4) is 0 Å². The molecular formula is C6H3Cl4N. The van der Waals surface area contributed by atoms with Crippen molar-refractivity contribution in [2.45, 2.75) is 5.88 Å². The van der Waals surface area contributed by atoms with Crippen LogP contribution in [-0.4, -0.2) is 4.98 Å². The molecule has 0 saturated carbocycles. The predicted molar refractivity (Wildman–Crippen MR) is 48.8 cm³/mol. The summed E-state index contributed by atoms with van der Waals surface area (Å²) in [6.45, 7) is 0. The first-order chi connectivity index (χ1) is 5.15. The van der Waals surface area contributed by atoms with Crippen LogP contribution >= 0.6 is 46.4 Å². The van der Waals surface area contributed by atoms with Gasteiger partial charge >= 0.3 is 0 Å². The number of halogens is 4. The van der Waals surface area contributed by atoms with Crippen LogP contribution in [0.25, 0.3) is 0 Å². The zero-order chi connectivity index (χ0) is 8.43. The molecule has 0 fully saturated rings. The smallest absolute Gasteiger partial charge is 0.149 e. The van der Waals surface area contributed by atoms with E-state index in [0.29, 0.717) is 10.7 Å². The van der Waals surface area contributed by atoms with Gasteiger partial charge in [-0.2, -0.15) is 0 Å². The van der Waals surface area contributed by atoms with Gasteiger partial charge in [-0.15, -0.1) is 11.6 Å². The highest BCUT2D eigenvalue weighted by Gasteiger charge is 2.05. The first-order valence-electron chi connectivity index (χ1n) is 2.71. The number of pyridine rings is 1. The summed E-state index contributed by atoms with van der Waals surface area (Å²) in [4.78, 5) is 3.87. The lowest BCUT2D eigenvalue weighted by molar-refractivity contribution is 1.17. The van der Waals surface area contributed by atoms with Gasteiger partial charge in [0.05, 0.1) is 21.6 Å². The first-order valence-corrected chi connectivity index (χ1v) is 4.38. The summed E-state index contributed by atoms with van der Waals surface area (Å²) in [6.07, 6.45) is 0. The minimum Gasteiger partial charge on any atom is -0.238 e. The van der Waals surface area contributed by atoms with Crippen molar-refractivity contribution < 1.29 is 0 Å². The summed E-state index contributed by atoms with van der Waals surface area (Å²) >= 11 is 22.4. The lowest BCUT2D eigenvalue weighted by atomic mass is 10.4. The fourth-order valence-electron chi connectivity index (χ4n) is 0.584. The Hall–Kier alpha value is 0.310. The topological polar surface area (TPSA) is 12.9 Å². The lowest BCUT2D eigenvalue weighted by Crippen LogP contribution is -1.86. The van der Waals surface area contributed by atoms with Gasteiger partial charge < -0.3 is 0 Å². The Bertz CT molecular complexity index is 250. The molecule has 60 valence electrons. The number of hydrogen-bond donors (Lipinski definition) is 0. The van der Waals surface area contributed by atoms with Crippen LogP contribution < -0.4 is 0 Å². The van der Waals surface area contributed by atoms with E-state index in [0.717, 1.165) is 0 Å². The summed E-state index contributed by atoms with van der Waals surface area (Å²) in [6, 6.07) is 1.59. The molecule has 0 spiro atoms. The second-order valence-corrected chi connectivity index (χ2v) is 3.24. The number of rotatable bonds is 1. The molecule has 1 rings (SSSR count). The van der Waals surface area contributed by atoms with Gasteiger partial charge in [-0.3, -0.25) is 0 Å². The zero-order valence-corrected chi connectivity index (χ0v) is 8.27. The average molecular weight is 231 g/mol. The number of aromatic nitrogens is 1. The molecule has 11 heavy (non-hydrogen) atoms. The fourth-order valence-corrected chi connectivity index (χ4v) is 1.29. The molecule has 0 N–H and O–H groups in total. The van der Waals surface area contributed by atoms with Gasteiger partial charge in [0, 0.05) is 0 Å². The van der Waals surface area contributed by atoms with Gasteiger partial charge in [-0.05, 0) is 6.07 Å². The Morgan fingerprint density at radius 1 is 1.27 bits per heavy atom. The maximum absolute atomic E-state index is 5.68. The van der Waals surface area contributed by atoms with E-state index in [1.54, 1.807) is 6.07 Å². The summed E-state index contributed by atoms with van der Waals surface area (Å²) < 4.78 is 0. The molecule has 0 aliphatic heterocycles. The van der Waals surface area contributed by atoms with Crippen molar-refractivity contribution in [1.29, 1.82) is 0 Å². The van der Waals surface area contributed by atoms with Crippen molar-refractivity contribution >= 4 is 46.4 Å². The second-order valence-electron chi connectivity index (χ2n) is 1.83. The van der Waals surface area contributed by atoms with Crippen LogP contribution in [-0.2, 0) is 5.88 Å². The molecule has 0 unspecified atom stereocenters. The summed E-state index contributed by atoms with van der Waals surface area (Å²) in [5.41, 5.74) is 0.617. The lowest BCUT2D eigenvalue weighted by Gasteiger charge is -1.99. The van der Waals surface area contributed by atoms with Crippen LogP contribution in [0.3, 0.4) is 0 Å². The van der Waals surface area contributed by atoms with E-state index in [9.17, 15) is 0 Å². The van der Waals surface area contributed by atoms with Crippen LogP contribution in [0.15, 0.2) is 6.07 Å². The highest BCUT2D eigenvalue weighted by atomic mass is 35.5. The first kappa shape index (κ1) is 9.40. The minimum absolute atomic E-state index is 0.190. The van der Waals surface area contributed by atoms with Gasteiger partial charge in [-0.25, -0.2) is 4.98 Å². The summed E-state index contributed by atoms with van der Waals surface area (Å²) in [7, 11) is 0. The summed E-state index contributed by atoms with van der Waals surface area (Å²) in [5.74, 6) is 0.274. The third kappa shape index (κ3) is 2.12. The van der Waals surface area contributed by atoms with Gasteiger partial charge in [0.25, 0.3) is 0 Å². The Kier molecular flexibility index (Phi) is 3.26. The molecular weight excluding hydrogens is 228 g/mol. The van der Waals surface area contributed by atoms with Gasteiger partial charge in [0.15, 0.2) is 0 Å². The van der Waals surface area contributed by atoms with Crippen molar-refractivity contribution in [1.82, 2.24) is 4.98 Å². The van der Waals surface area contributed by atoms with E-state index in [-0.39, 0.29) is 16.1 Å². The van der Waals surface area contributed by atoms with E-state index in [4.69, 9.17) is 46.4 Å². The molecule has 1 aromatic rings. The maximum Gasteiger partial charge on any atom is 0.149 e. The fraction of sp³-hybridized carbons (Fsp3) is 0.167. The highest BCUT2D eigenvalue weighted by molar-refractivity contribution is 6.47. The molecule has 0 amide bonds. The van der Waals surface area contributed by atoms with E-state index in [2.05, 4.69) is 4.98 Å². The Balaban J connectivity index is 3.21. The van der Waals surface area contributed by atoms with E-state index < -0.39 is 0 Å². The van der Waals surface area contributed by atoms with Crippen molar-refractivity contribution in [3.05, 3.63) is 27.0 Å². The molecule has 1 nitrogen and oxygen atoms in total. The number of nitrogens with zero attached hydrogens (tertiary/aromatic N) is 1. The van der Waals surface area contributed by atoms with Crippen LogP contribution in [0.4, 0.5) is 0 Å². The molecule has 0 aliphatic rings. The van der Waals surface area contributed by atoms with Crippen LogP contribution in [0.5, 0.6) is 0 Å². The monoisotopic (exact) mass is 229 g/mol. The van der Waals surface area contributed by atoms with Gasteiger partial charge in [0.1, 0.15) is 5.15 Å². The second kappa shape index (κ2) is 3.81. The number of hydrogen-bond acceptors (Lipinski definition) is 1. The number of alkyl halides is 1. The maximum atomic E-state index is 5.68. The molecule has 1 heterocycles. The Morgan fingerprint density at radius 2 is 1.91 bits per heavy atom. The van der Waals surface area contributed by atoms with Crippen LogP contribution in [0.1, 0.15) is 5.69 Å². The van der Waals surface area contributed by atoms with Crippen molar-refractivity contribution in [2.24, 2.45) is 0 Å². The zero-order valence-electron chi connectivity index (χ0n) is 5.24. The average Bonchev–Trinajstić information content (AvgIpc) is 1.99. The molecule has 0 saturated heterocycles. The Labute approximate surface area is 84.2 Å². The molecule has 0 aliphatic carbocycles. The standard InChI is InChI=1S/C6H3Cl4N/c7-2-3-1-4(8)5(9)6(10)11-3/h1H,2H2. The van der Waals surface area contributed by atoms with E-state index in [1.807, 2.05) is 0 Å². The van der Waals surface area contributed by atoms with Gasteiger partial charge in [-0.1, -0.05) is 34.8 Å². The molecule has 0 atom stereocenters. The molecule has 0 radical (unpaired) electrons. The molecule has 0 bridgehead atoms. The minimum atomic E-state index is 0.190. The predicted octanol–water partition coefficient (Wildman–Crippen LogP) is 3.78. The third-order valence-electron chi connectivity index (χ3n) is 1.06. The van der Waals surface area contributed by atoms with Crippen LogP contribution in [0.2, 0.25) is 15.2 Å². The van der Waals surface area contributed by atoms with E-state index in [1.165, 1.54) is 0 Å². The molecule has 1 aromatic heterocycles.